The van der Waals surface area contributed by atoms with Crippen molar-refractivity contribution in [1.29, 1.82) is 0 Å². The molecular formula is C12H20N2S. The van der Waals surface area contributed by atoms with E-state index >= 15 is 0 Å². The van der Waals surface area contributed by atoms with Crippen LogP contribution < -0.4 is 5.32 Å². The summed E-state index contributed by atoms with van der Waals surface area (Å²) in [6.45, 7) is 4.30. The van der Waals surface area contributed by atoms with Gasteiger partial charge in [0.15, 0.2) is 0 Å². The van der Waals surface area contributed by atoms with Gasteiger partial charge < -0.3 is 5.32 Å². The molecule has 0 aliphatic heterocycles. The molecule has 0 spiro atoms. The lowest BCUT2D eigenvalue weighted by Crippen LogP contribution is -2.29. The highest BCUT2D eigenvalue weighted by atomic mass is 32.1. The highest BCUT2D eigenvalue weighted by Crippen LogP contribution is 2.35. The molecule has 0 amide bonds. The number of thiazole rings is 1. The van der Waals surface area contributed by atoms with Crippen LogP contribution in [0.2, 0.25) is 0 Å². The Balaban J connectivity index is 2.01. The Morgan fingerprint density at radius 2 is 1.87 bits per heavy atom. The number of rotatable bonds is 2. The van der Waals surface area contributed by atoms with Crippen LogP contribution in [0.5, 0.6) is 0 Å². The van der Waals surface area contributed by atoms with Gasteiger partial charge in [0.2, 0.25) is 0 Å². The topological polar surface area (TPSA) is 24.9 Å². The third-order valence-electron chi connectivity index (χ3n) is 3.53. The summed E-state index contributed by atoms with van der Waals surface area (Å²) < 4.78 is 0. The Bertz CT molecular complexity index is 305. The summed E-state index contributed by atoms with van der Waals surface area (Å²) in [5, 5.41) is 4.75. The Hall–Kier alpha value is -0.410. The van der Waals surface area contributed by atoms with Crippen LogP contribution >= 0.6 is 11.3 Å². The van der Waals surface area contributed by atoms with Crippen molar-refractivity contribution in [1.82, 2.24) is 10.3 Å². The van der Waals surface area contributed by atoms with Crippen LogP contribution in [0.25, 0.3) is 0 Å². The first-order valence-corrected chi connectivity index (χ1v) is 6.63. The minimum Gasteiger partial charge on any atom is -0.317 e. The number of hydrogen-bond acceptors (Lipinski definition) is 3. The van der Waals surface area contributed by atoms with E-state index in [1.165, 1.54) is 41.3 Å². The summed E-state index contributed by atoms with van der Waals surface area (Å²) in [4.78, 5) is 6.07. The van der Waals surface area contributed by atoms with Gasteiger partial charge in [0.1, 0.15) is 0 Å². The van der Waals surface area contributed by atoms with Gasteiger partial charge in [-0.2, -0.15) is 0 Å². The third kappa shape index (κ3) is 2.40. The zero-order chi connectivity index (χ0) is 10.8. The molecule has 84 valence electrons. The molecule has 1 aromatic rings. The second-order valence-electron chi connectivity index (χ2n) is 4.53. The highest BCUT2D eigenvalue weighted by Gasteiger charge is 2.23. The number of aryl methyl sites for hydroxylation is 2. The van der Waals surface area contributed by atoms with Gasteiger partial charge in [-0.15, -0.1) is 11.3 Å². The van der Waals surface area contributed by atoms with Gasteiger partial charge in [-0.3, -0.25) is 0 Å². The molecule has 2 rings (SSSR count). The SMILES string of the molecule is CNC1CCC(c2nc(C)c(C)s2)CC1. The van der Waals surface area contributed by atoms with Gasteiger partial charge in [-0.05, 0) is 46.6 Å². The van der Waals surface area contributed by atoms with E-state index in [9.17, 15) is 0 Å². The fourth-order valence-corrected chi connectivity index (χ4v) is 3.39. The molecule has 15 heavy (non-hydrogen) atoms. The van der Waals surface area contributed by atoms with Gasteiger partial charge in [0.05, 0.1) is 10.7 Å². The first-order chi connectivity index (χ1) is 7.20. The van der Waals surface area contributed by atoms with Gasteiger partial charge in [0.25, 0.3) is 0 Å². The molecule has 1 aliphatic rings. The lowest BCUT2D eigenvalue weighted by atomic mass is 9.86. The van der Waals surface area contributed by atoms with Crippen LogP contribution in [0.3, 0.4) is 0 Å². The molecule has 0 saturated heterocycles. The van der Waals surface area contributed by atoms with Gasteiger partial charge >= 0.3 is 0 Å². The molecule has 1 fully saturated rings. The molecule has 0 unspecified atom stereocenters. The molecule has 1 heterocycles. The molecule has 3 heteroatoms. The average Bonchev–Trinajstić information content (AvgIpc) is 2.59. The first-order valence-electron chi connectivity index (χ1n) is 5.82. The van der Waals surface area contributed by atoms with E-state index in [1.807, 2.05) is 11.3 Å². The van der Waals surface area contributed by atoms with Crippen LogP contribution in [0.15, 0.2) is 0 Å². The molecule has 1 aromatic heterocycles. The smallest absolute Gasteiger partial charge is 0.0961 e. The fourth-order valence-electron chi connectivity index (χ4n) is 2.30. The summed E-state index contributed by atoms with van der Waals surface area (Å²) in [5.74, 6) is 0.729. The maximum Gasteiger partial charge on any atom is 0.0961 e. The second kappa shape index (κ2) is 4.62. The van der Waals surface area contributed by atoms with E-state index in [2.05, 4.69) is 31.2 Å². The monoisotopic (exact) mass is 224 g/mol. The molecular weight excluding hydrogens is 204 g/mol. The molecule has 1 saturated carbocycles. The minimum absolute atomic E-state index is 0.729. The van der Waals surface area contributed by atoms with Gasteiger partial charge in [0, 0.05) is 16.8 Å². The summed E-state index contributed by atoms with van der Waals surface area (Å²) in [5.41, 5.74) is 1.23. The van der Waals surface area contributed by atoms with Crippen LogP contribution in [0.1, 0.15) is 47.2 Å². The number of aromatic nitrogens is 1. The second-order valence-corrected chi connectivity index (χ2v) is 5.77. The van der Waals surface area contributed by atoms with Gasteiger partial charge in [-0.25, -0.2) is 4.98 Å². The van der Waals surface area contributed by atoms with E-state index in [4.69, 9.17) is 0 Å². The van der Waals surface area contributed by atoms with E-state index in [1.54, 1.807) is 0 Å². The number of nitrogens with zero attached hydrogens (tertiary/aromatic N) is 1. The van der Waals surface area contributed by atoms with Crippen molar-refractivity contribution in [3.63, 3.8) is 0 Å². The van der Waals surface area contributed by atoms with Crippen LogP contribution in [-0.4, -0.2) is 18.1 Å². The Kier molecular flexibility index (Phi) is 3.42. The quantitative estimate of drug-likeness (QED) is 0.835. The largest absolute Gasteiger partial charge is 0.317 e. The molecule has 1 N–H and O–H groups in total. The van der Waals surface area contributed by atoms with E-state index in [0.717, 1.165) is 12.0 Å². The predicted octanol–water partition coefficient (Wildman–Crippen LogP) is 3.01. The zero-order valence-corrected chi connectivity index (χ0v) is 10.7. The summed E-state index contributed by atoms with van der Waals surface area (Å²) in [6, 6.07) is 0.739. The van der Waals surface area contributed by atoms with E-state index in [0.29, 0.717) is 0 Å². The Morgan fingerprint density at radius 3 is 2.33 bits per heavy atom. The van der Waals surface area contributed by atoms with Crippen molar-refractivity contribution in [3.05, 3.63) is 15.6 Å². The summed E-state index contributed by atoms with van der Waals surface area (Å²) in [7, 11) is 2.07. The van der Waals surface area contributed by atoms with E-state index in [-0.39, 0.29) is 0 Å². The van der Waals surface area contributed by atoms with Crippen molar-refractivity contribution in [3.8, 4) is 0 Å². The van der Waals surface area contributed by atoms with Crippen molar-refractivity contribution in [2.45, 2.75) is 51.5 Å². The van der Waals surface area contributed by atoms with Crippen molar-refractivity contribution >= 4 is 11.3 Å². The summed E-state index contributed by atoms with van der Waals surface area (Å²) in [6.07, 6.45) is 5.22. The predicted molar refractivity (Wildman–Crippen MR) is 65.6 cm³/mol. The average molecular weight is 224 g/mol. The van der Waals surface area contributed by atoms with Crippen LogP contribution in [-0.2, 0) is 0 Å². The lowest BCUT2D eigenvalue weighted by Gasteiger charge is -2.26. The lowest BCUT2D eigenvalue weighted by molar-refractivity contribution is 0.358. The molecule has 0 bridgehead atoms. The maximum atomic E-state index is 4.68. The van der Waals surface area contributed by atoms with Crippen molar-refractivity contribution in [2.24, 2.45) is 0 Å². The molecule has 1 aliphatic carbocycles. The Morgan fingerprint density at radius 1 is 1.20 bits per heavy atom. The minimum atomic E-state index is 0.729. The van der Waals surface area contributed by atoms with E-state index < -0.39 is 0 Å². The Labute approximate surface area is 96.1 Å². The standard InChI is InChI=1S/C12H20N2S/c1-8-9(2)15-12(14-8)10-4-6-11(13-3)7-5-10/h10-11,13H,4-7H2,1-3H3. The van der Waals surface area contributed by atoms with Crippen LogP contribution in [0.4, 0.5) is 0 Å². The maximum absolute atomic E-state index is 4.68. The molecule has 2 nitrogen and oxygen atoms in total. The van der Waals surface area contributed by atoms with Gasteiger partial charge in [-0.1, -0.05) is 0 Å². The highest BCUT2D eigenvalue weighted by molar-refractivity contribution is 7.11. The zero-order valence-electron chi connectivity index (χ0n) is 9.84. The normalized spacial score (nSPS) is 26.9. The molecule has 0 radical (unpaired) electrons. The number of nitrogens with one attached hydrogen (secondary N) is 1. The first kappa shape index (κ1) is 11.1. The molecule has 0 atom stereocenters. The van der Waals surface area contributed by atoms with Crippen LogP contribution in [0, 0.1) is 13.8 Å². The molecule has 0 aromatic carbocycles. The van der Waals surface area contributed by atoms with Crippen molar-refractivity contribution < 1.29 is 0 Å². The fraction of sp³-hybridized carbons (Fsp3) is 0.750. The summed E-state index contributed by atoms with van der Waals surface area (Å²) >= 11 is 1.90. The van der Waals surface area contributed by atoms with Crippen molar-refractivity contribution in [2.75, 3.05) is 7.05 Å². The third-order valence-corrected chi connectivity index (χ3v) is 4.77. The number of hydrogen-bond donors (Lipinski definition) is 1.